The number of carbonyl (C=O) groups excluding carboxylic acids is 2. The number of carbonyl (C=O) groups is 2. The summed E-state index contributed by atoms with van der Waals surface area (Å²) in [4.78, 5) is 29.6. The highest BCUT2D eigenvalue weighted by atomic mass is 35.5. The van der Waals surface area contributed by atoms with Crippen molar-refractivity contribution in [2.75, 3.05) is 4.90 Å². The van der Waals surface area contributed by atoms with Crippen LogP contribution in [-0.4, -0.2) is 21.9 Å². The first kappa shape index (κ1) is 20.7. The second-order valence-electron chi connectivity index (χ2n) is 8.00. The van der Waals surface area contributed by atoms with Crippen LogP contribution in [0.2, 0.25) is 5.02 Å². The van der Waals surface area contributed by atoms with Crippen LogP contribution in [-0.2, 0) is 17.9 Å². The van der Waals surface area contributed by atoms with E-state index in [1.807, 2.05) is 34.2 Å². The number of fused-ring (bicyclic) bond motifs is 3. The van der Waals surface area contributed by atoms with Crippen LogP contribution in [0, 0.1) is 5.82 Å². The van der Waals surface area contributed by atoms with Crippen LogP contribution >= 0.6 is 22.9 Å². The van der Waals surface area contributed by atoms with Gasteiger partial charge in [0, 0.05) is 22.6 Å². The monoisotopic (exact) mass is 467 g/mol. The number of hydrogen-bond acceptors (Lipinski definition) is 3. The fourth-order valence-corrected chi connectivity index (χ4v) is 5.19. The highest BCUT2D eigenvalue weighted by Crippen LogP contribution is 2.37. The Morgan fingerprint density at radius 1 is 1.16 bits per heavy atom. The summed E-state index contributed by atoms with van der Waals surface area (Å²) >= 11 is 7.48. The van der Waals surface area contributed by atoms with Crippen molar-refractivity contribution in [3.05, 3.63) is 88.1 Å². The molecule has 0 unspecified atom stereocenters. The Balaban J connectivity index is 1.55. The summed E-state index contributed by atoms with van der Waals surface area (Å²) < 4.78 is 15.5. The fourth-order valence-electron chi connectivity index (χ4n) is 4.17. The lowest BCUT2D eigenvalue weighted by Gasteiger charge is -2.44. The van der Waals surface area contributed by atoms with Gasteiger partial charge in [0.25, 0.3) is 5.91 Å². The lowest BCUT2D eigenvalue weighted by Crippen LogP contribution is -2.64. The first-order valence-corrected chi connectivity index (χ1v) is 11.3. The quantitative estimate of drug-likeness (QED) is 0.446. The number of aromatic nitrogens is 1. The van der Waals surface area contributed by atoms with E-state index in [2.05, 4.69) is 5.32 Å². The van der Waals surface area contributed by atoms with E-state index in [1.54, 1.807) is 19.1 Å². The first-order valence-electron chi connectivity index (χ1n) is 10.1. The van der Waals surface area contributed by atoms with Gasteiger partial charge in [0.15, 0.2) is 0 Å². The molecule has 0 fully saturated rings. The average molecular weight is 468 g/mol. The van der Waals surface area contributed by atoms with E-state index in [-0.39, 0.29) is 18.4 Å². The first-order chi connectivity index (χ1) is 15.4. The molecule has 2 aromatic carbocycles. The molecule has 8 heteroatoms. The van der Waals surface area contributed by atoms with Crippen LogP contribution in [0.15, 0.2) is 66.0 Å². The van der Waals surface area contributed by atoms with Crippen LogP contribution in [0.3, 0.4) is 0 Å². The standard InChI is InChI=1S/C24H19ClFN3O2S/c1-24(23(31)27-13-15-2-4-17(25)5-3-15)14-28-20(12-16-10-11-32-22(16)28)21(30)29(24)19-8-6-18(26)7-9-19/h2-12H,13-14H2,1H3,(H,27,31)/t24-/m1/s1. The second-order valence-corrected chi connectivity index (χ2v) is 9.33. The molecule has 2 amide bonds. The number of thiophene rings is 1. The minimum Gasteiger partial charge on any atom is -0.350 e. The summed E-state index contributed by atoms with van der Waals surface area (Å²) in [5.74, 6) is -0.999. The molecule has 1 aliphatic rings. The fraction of sp³-hybridized carbons (Fsp3) is 0.167. The third-order valence-electron chi connectivity index (χ3n) is 5.82. The third kappa shape index (κ3) is 3.38. The largest absolute Gasteiger partial charge is 0.350 e. The van der Waals surface area contributed by atoms with Crippen molar-refractivity contribution < 1.29 is 14.0 Å². The zero-order chi connectivity index (χ0) is 22.5. The maximum atomic E-state index is 13.6. The Bertz CT molecular complexity index is 1330. The lowest BCUT2D eigenvalue weighted by atomic mass is 9.93. The number of hydrogen-bond donors (Lipinski definition) is 1. The molecule has 1 aliphatic heterocycles. The van der Waals surface area contributed by atoms with Crippen LogP contribution in [0.25, 0.3) is 10.2 Å². The van der Waals surface area contributed by atoms with Crippen molar-refractivity contribution in [1.82, 2.24) is 9.88 Å². The number of nitrogens with one attached hydrogen (secondary N) is 1. The van der Waals surface area contributed by atoms with Gasteiger partial charge < -0.3 is 9.88 Å². The molecule has 0 saturated heterocycles. The molecule has 1 N–H and O–H groups in total. The molecule has 162 valence electrons. The molecule has 0 aliphatic carbocycles. The van der Waals surface area contributed by atoms with E-state index in [0.29, 0.717) is 22.9 Å². The number of benzene rings is 2. The Morgan fingerprint density at radius 3 is 2.59 bits per heavy atom. The summed E-state index contributed by atoms with van der Waals surface area (Å²) in [6.07, 6.45) is 0. The Kier molecular flexibility index (Phi) is 5.03. The van der Waals surface area contributed by atoms with Crippen LogP contribution in [0.4, 0.5) is 10.1 Å². The van der Waals surface area contributed by atoms with Crippen LogP contribution in [0.1, 0.15) is 23.0 Å². The van der Waals surface area contributed by atoms with Crippen molar-refractivity contribution in [2.24, 2.45) is 0 Å². The third-order valence-corrected chi connectivity index (χ3v) is 7.03. The summed E-state index contributed by atoms with van der Waals surface area (Å²) in [7, 11) is 0. The van der Waals surface area contributed by atoms with Gasteiger partial charge >= 0.3 is 0 Å². The topological polar surface area (TPSA) is 54.3 Å². The summed E-state index contributed by atoms with van der Waals surface area (Å²) in [5.41, 5.74) is 0.657. The van der Waals surface area contributed by atoms with Crippen molar-refractivity contribution in [3.8, 4) is 0 Å². The van der Waals surface area contributed by atoms with Gasteiger partial charge in [-0.3, -0.25) is 14.5 Å². The minimum absolute atomic E-state index is 0.280. The number of rotatable bonds is 4. The van der Waals surface area contributed by atoms with E-state index in [9.17, 15) is 14.0 Å². The van der Waals surface area contributed by atoms with Crippen LogP contribution < -0.4 is 10.2 Å². The van der Waals surface area contributed by atoms with Crippen molar-refractivity contribution in [1.29, 1.82) is 0 Å². The summed E-state index contributed by atoms with van der Waals surface area (Å²) in [6.45, 7) is 2.32. The maximum absolute atomic E-state index is 13.6. The van der Waals surface area contributed by atoms with Crippen LogP contribution in [0.5, 0.6) is 0 Å². The van der Waals surface area contributed by atoms with Gasteiger partial charge in [-0.25, -0.2) is 4.39 Å². The number of anilines is 1. The molecule has 0 saturated carbocycles. The van der Waals surface area contributed by atoms with Gasteiger partial charge in [0.1, 0.15) is 21.9 Å². The predicted octanol–water partition coefficient (Wildman–Crippen LogP) is 5.23. The molecule has 2 aromatic heterocycles. The Labute approximate surface area is 193 Å². The van der Waals surface area contributed by atoms with E-state index in [4.69, 9.17) is 11.6 Å². The molecule has 5 nitrogen and oxygen atoms in total. The Hall–Kier alpha value is -3.16. The molecule has 32 heavy (non-hydrogen) atoms. The molecule has 0 radical (unpaired) electrons. The smallest absolute Gasteiger partial charge is 0.275 e. The zero-order valence-corrected chi connectivity index (χ0v) is 18.7. The van der Waals surface area contributed by atoms with E-state index >= 15 is 0 Å². The number of amides is 2. The number of nitrogens with zero attached hydrogens (tertiary/aromatic N) is 2. The van der Waals surface area contributed by atoms with Crippen molar-refractivity contribution in [3.63, 3.8) is 0 Å². The van der Waals surface area contributed by atoms with Gasteiger partial charge in [-0.15, -0.1) is 11.3 Å². The average Bonchev–Trinajstić information content (AvgIpc) is 3.37. The van der Waals surface area contributed by atoms with Gasteiger partial charge in [0.2, 0.25) is 5.91 Å². The minimum atomic E-state index is -1.22. The lowest BCUT2D eigenvalue weighted by molar-refractivity contribution is -0.126. The predicted molar refractivity (Wildman–Crippen MR) is 125 cm³/mol. The number of halogens is 2. The molecule has 0 spiro atoms. The molecule has 1 atom stereocenters. The molecular weight excluding hydrogens is 449 g/mol. The van der Waals surface area contributed by atoms with Gasteiger partial charge in [-0.1, -0.05) is 23.7 Å². The second kappa shape index (κ2) is 7.76. The van der Waals surface area contributed by atoms with Gasteiger partial charge in [0.05, 0.1) is 6.54 Å². The molecule has 4 aromatic rings. The van der Waals surface area contributed by atoms with E-state index in [1.165, 1.54) is 40.5 Å². The van der Waals surface area contributed by atoms with Crippen molar-refractivity contribution >= 4 is 50.7 Å². The SMILES string of the molecule is C[C@]1(C(=O)NCc2ccc(Cl)cc2)Cn2c(cc3ccsc32)C(=O)N1c1ccc(F)cc1. The van der Waals surface area contributed by atoms with Crippen molar-refractivity contribution in [2.45, 2.75) is 25.6 Å². The summed E-state index contributed by atoms with van der Waals surface area (Å²) in [5, 5.41) is 6.51. The highest BCUT2D eigenvalue weighted by Gasteiger charge is 2.48. The molecule has 0 bridgehead atoms. The maximum Gasteiger partial charge on any atom is 0.275 e. The van der Waals surface area contributed by atoms with Gasteiger partial charge in [-0.05, 0) is 66.4 Å². The molecule has 5 rings (SSSR count). The highest BCUT2D eigenvalue weighted by molar-refractivity contribution is 7.16. The van der Waals surface area contributed by atoms with E-state index < -0.39 is 11.4 Å². The normalized spacial score (nSPS) is 18.1. The van der Waals surface area contributed by atoms with E-state index in [0.717, 1.165) is 15.8 Å². The molecule has 3 heterocycles. The Morgan fingerprint density at radius 2 is 1.88 bits per heavy atom. The summed E-state index contributed by atoms with van der Waals surface area (Å²) in [6, 6.07) is 16.6. The molecular formula is C24H19ClFN3O2S. The van der Waals surface area contributed by atoms with Gasteiger partial charge in [-0.2, -0.15) is 0 Å². The zero-order valence-electron chi connectivity index (χ0n) is 17.1.